The molecule has 0 atom stereocenters. The highest BCUT2D eigenvalue weighted by atomic mass is 16.3. The van der Waals surface area contributed by atoms with Crippen LogP contribution in [0.2, 0.25) is 0 Å². The van der Waals surface area contributed by atoms with E-state index in [-0.39, 0.29) is 5.91 Å². The molecule has 4 rings (SSSR count). The van der Waals surface area contributed by atoms with Gasteiger partial charge in [-0.3, -0.25) is 9.78 Å². The van der Waals surface area contributed by atoms with Crippen LogP contribution in [0.3, 0.4) is 0 Å². The fourth-order valence-corrected chi connectivity index (χ4v) is 3.15. The Morgan fingerprint density at radius 2 is 1.73 bits per heavy atom. The molecule has 30 heavy (non-hydrogen) atoms. The number of amides is 1. The minimum absolute atomic E-state index is 0.0559. The van der Waals surface area contributed by atoms with Crippen LogP contribution < -0.4 is 0 Å². The Labute approximate surface area is 174 Å². The van der Waals surface area contributed by atoms with E-state index in [4.69, 9.17) is 4.42 Å². The standard InChI is InChI=1S/C23H22N4O3/c1-23(2,29)19-11-16(9-10-24-19)20-21-17(25-13-26-20)12-18(30-21)14-5-7-15(8-6-14)22(28)27(3)4/h5-13,29H,1-4H3. The molecule has 7 heteroatoms. The maximum absolute atomic E-state index is 12.1. The second kappa shape index (κ2) is 7.35. The third kappa shape index (κ3) is 3.67. The second-order valence-electron chi connectivity index (χ2n) is 7.81. The summed E-state index contributed by atoms with van der Waals surface area (Å²) < 4.78 is 6.11. The number of rotatable bonds is 4. The van der Waals surface area contributed by atoms with Crippen molar-refractivity contribution in [2.75, 3.05) is 14.1 Å². The molecule has 1 amide bonds. The van der Waals surface area contributed by atoms with Gasteiger partial charge in [-0.2, -0.15) is 0 Å². The number of furan rings is 1. The summed E-state index contributed by atoms with van der Waals surface area (Å²) in [6.07, 6.45) is 3.13. The summed E-state index contributed by atoms with van der Waals surface area (Å²) in [4.78, 5) is 26.6. The molecule has 0 aliphatic rings. The minimum atomic E-state index is -1.07. The Hall–Kier alpha value is -3.58. The molecule has 3 aromatic heterocycles. The number of nitrogens with zero attached hydrogens (tertiary/aromatic N) is 4. The molecule has 0 bridgehead atoms. The van der Waals surface area contributed by atoms with Gasteiger partial charge < -0.3 is 14.4 Å². The van der Waals surface area contributed by atoms with E-state index in [2.05, 4.69) is 15.0 Å². The molecule has 0 fully saturated rings. The molecule has 4 aromatic rings. The van der Waals surface area contributed by atoms with Crippen molar-refractivity contribution in [3.63, 3.8) is 0 Å². The van der Waals surface area contributed by atoms with Crippen molar-refractivity contribution < 1.29 is 14.3 Å². The monoisotopic (exact) mass is 402 g/mol. The largest absolute Gasteiger partial charge is 0.452 e. The van der Waals surface area contributed by atoms with Crippen LogP contribution in [0.1, 0.15) is 29.9 Å². The number of carbonyl (C=O) groups excluding carboxylic acids is 1. The van der Waals surface area contributed by atoms with E-state index in [1.54, 1.807) is 52.3 Å². The first-order valence-electron chi connectivity index (χ1n) is 9.50. The van der Waals surface area contributed by atoms with Crippen LogP contribution in [0.15, 0.2) is 59.4 Å². The summed E-state index contributed by atoms with van der Waals surface area (Å²) in [7, 11) is 3.44. The molecule has 0 radical (unpaired) electrons. The Morgan fingerprint density at radius 1 is 1.00 bits per heavy atom. The first kappa shape index (κ1) is 19.7. The smallest absolute Gasteiger partial charge is 0.253 e. The molecule has 0 saturated heterocycles. The van der Waals surface area contributed by atoms with Gasteiger partial charge >= 0.3 is 0 Å². The topological polar surface area (TPSA) is 92.4 Å². The van der Waals surface area contributed by atoms with Crippen molar-refractivity contribution in [3.05, 3.63) is 66.2 Å². The average Bonchev–Trinajstić information content (AvgIpc) is 3.17. The summed E-state index contributed by atoms with van der Waals surface area (Å²) in [5, 5.41) is 10.3. The molecule has 0 spiro atoms. The Morgan fingerprint density at radius 3 is 2.40 bits per heavy atom. The van der Waals surface area contributed by atoms with Gasteiger partial charge in [0.1, 0.15) is 28.9 Å². The second-order valence-corrected chi connectivity index (χ2v) is 7.81. The number of aromatic nitrogens is 3. The lowest BCUT2D eigenvalue weighted by atomic mass is 10.0. The summed E-state index contributed by atoms with van der Waals surface area (Å²) in [5.41, 5.74) is 3.54. The molecule has 0 aliphatic carbocycles. The van der Waals surface area contributed by atoms with Crippen LogP contribution in [0.5, 0.6) is 0 Å². The van der Waals surface area contributed by atoms with Gasteiger partial charge in [0.25, 0.3) is 5.91 Å². The SMILES string of the molecule is CN(C)C(=O)c1ccc(-c2cc3ncnc(-c4ccnc(C(C)(C)O)c4)c3o2)cc1. The van der Waals surface area contributed by atoms with Gasteiger partial charge in [-0.1, -0.05) is 12.1 Å². The zero-order valence-electron chi connectivity index (χ0n) is 17.2. The zero-order chi connectivity index (χ0) is 21.5. The van der Waals surface area contributed by atoms with Crippen LogP contribution in [-0.2, 0) is 5.60 Å². The zero-order valence-corrected chi connectivity index (χ0v) is 17.2. The van der Waals surface area contributed by atoms with Crippen LogP contribution in [0.4, 0.5) is 0 Å². The molecule has 0 unspecified atom stereocenters. The van der Waals surface area contributed by atoms with Crippen molar-refractivity contribution in [1.29, 1.82) is 0 Å². The molecule has 7 nitrogen and oxygen atoms in total. The predicted octanol–water partition coefficient (Wildman–Crippen LogP) is 3.88. The van der Waals surface area contributed by atoms with Gasteiger partial charge in [0, 0.05) is 43.0 Å². The summed E-state index contributed by atoms with van der Waals surface area (Å²) in [6, 6.07) is 12.7. The lowest BCUT2D eigenvalue weighted by Gasteiger charge is -2.16. The Bertz CT molecular complexity index is 1220. The molecular weight excluding hydrogens is 380 g/mol. The quantitative estimate of drug-likeness (QED) is 0.557. The van der Waals surface area contributed by atoms with E-state index in [1.165, 1.54) is 11.2 Å². The van der Waals surface area contributed by atoms with E-state index >= 15 is 0 Å². The van der Waals surface area contributed by atoms with E-state index < -0.39 is 5.60 Å². The van der Waals surface area contributed by atoms with Crippen molar-refractivity contribution >= 4 is 17.0 Å². The molecule has 3 heterocycles. The van der Waals surface area contributed by atoms with Crippen molar-refractivity contribution in [2.24, 2.45) is 0 Å². The molecule has 0 saturated carbocycles. The molecule has 1 N–H and O–H groups in total. The summed E-state index contributed by atoms with van der Waals surface area (Å²) in [5.74, 6) is 0.576. The van der Waals surface area contributed by atoms with Crippen molar-refractivity contribution in [3.8, 4) is 22.6 Å². The van der Waals surface area contributed by atoms with Crippen LogP contribution in [0.25, 0.3) is 33.7 Å². The van der Waals surface area contributed by atoms with E-state index in [9.17, 15) is 9.90 Å². The molecule has 152 valence electrons. The van der Waals surface area contributed by atoms with E-state index in [0.717, 1.165) is 11.1 Å². The molecular formula is C23H22N4O3. The maximum Gasteiger partial charge on any atom is 0.253 e. The van der Waals surface area contributed by atoms with Crippen LogP contribution in [0, 0.1) is 0 Å². The third-order valence-electron chi connectivity index (χ3n) is 4.79. The average molecular weight is 402 g/mol. The van der Waals surface area contributed by atoms with Gasteiger partial charge in [-0.05, 0) is 38.1 Å². The minimum Gasteiger partial charge on any atom is -0.452 e. The van der Waals surface area contributed by atoms with Gasteiger partial charge in [0.15, 0.2) is 5.58 Å². The highest BCUT2D eigenvalue weighted by molar-refractivity contribution is 5.94. The number of fused-ring (bicyclic) bond motifs is 1. The van der Waals surface area contributed by atoms with Crippen molar-refractivity contribution in [1.82, 2.24) is 19.9 Å². The van der Waals surface area contributed by atoms with E-state index in [0.29, 0.717) is 33.8 Å². The number of benzene rings is 1. The highest BCUT2D eigenvalue weighted by Crippen LogP contribution is 2.33. The number of hydrogen-bond acceptors (Lipinski definition) is 6. The summed E-state index contributed by atoms with van der Waals surface area (Å²) in [6.45, 7) is 3.37. The Balaban J connectivity index is 1.76. The van der Waals surface area contributed by atoms with Gasteiger partial charge in [0.2, 0.25) is 0 Å². The normalized spacial score (nSPS) is 11.6. The van der Waals surface area contributed by atoms with Crippen LogP contribution in [-0.4, -0.2) is 45.0 Å². The molecule has 0 aliphatic heterocycles. The first-order valence-corrected chi connectivity index (χ1v) is 9.50. The highest BCUT2D eigenvalue weighted by Gasteiger charge is 2.20. The van der Waals surface area contributed by atoms with Crippen molar-refractivity contribution in [2.45, 2.75) is 19.4 Å². The number of hydrogen-bond donors (Lipinski definition) is 1. The van der Waals surface area contributed by atoms with Gasteiger partial charge in [-0.25, -0.2) is 9.97 Å². The number of aliphatic hydroxyl groups is 1. The first-order chi connectivity index (χ1) is 14.2. The predicted molar refractivity (Wildman–Crippen MR) is 114 cm³/mol. The third-order valence-corrected chi connectivity index (χ3v) is 4.79. The lowest BCUT2D eigenvalue weighted by Crippen LogP contribution is -2.21. The van der Waals surface area contributed by atoms with E-state index in [1.807, 2.05) is 24.3 Å². The maximum atomic E-state index is 12.1. The molecule has 1 aromatic carbocycles. The van der Waals surface area contributed by atoms with Crippen LogP contribution >= 0.6 is 0 Å². The summed E-state index contributed by atoms with van der Waals surface area (Å²) >= 11 is 0. The number of pyridine rings is 1. The lowest BCUT2D eigenvalue weighted by molar-refractivity contribution is 0.0738. The Kier molecular flexibility index (Phi) is 4.83. The fourth-order valence-electron chi connectivity index (χ4n) is 3.15. The van der Waals surface area contributed by atoms with Gasteiger partial charge in [-0.15, -0.1) is 0 Å². The fraction of sp³-hybridized carbons (Fsp3) is 0.217. The van der Waals surface area contributed by atoms with Gasteiger partial charge in [0.05, 0.1) is 5.69 Å². The number of carbonyl (C=O) groups is 1.